The van der Waals surface area contributed by atoms with E-state index in [0.29, 0.717) is 5.82 Å². The van der Waals surface area contributed by atoms with Crippen molar-refractivity contribution in [1.82, 2.24) is 20.2 Å². The standard InChI is InChI=1S/C9H7FN4O2/c1-5-11-12-13-14(5)8-3-2-6(9(15)16)4-7(8)10/h2-4H,1H3,(H,15,16). The molecule has 16 heavy (non-hydrogen) atoms. The van der Waals surface area contributed by atoms with E-state index in [4.69, 9.17) is 5.11 Å². The van der Waals surface area contributed by atoms with E-state index >= 15 is 0 Å². The average molecular weight is 222 g/mol. The van der Waals surface area contributed by atoms with Crippen molar-refractivity contribution >= 4 is 5.97 Å². The van der Waals surface area contributed by atoms with Gasteiger partial charge in [-0.15, -0.1) is 5.10 Å². The molecule has 1 aromatic heterocycles. The van der Waals surface area contributed by atoms with Crippen molar-refractivity contribution in [3.05, 3.63) is 35.4 Å². The Hall–Kier alpha value is -2.31. The SMILES string of the molecule is Cc1nnnn1-c1ccc(C(=O)O)cc1F. The fourth-order valence-electron chi connectivity index (χ4n) is 1.27. The van der Waals surface area contributed by atoms with Crippen molar-refractivity contribution in [3.63, 3.8) is 0 Å². The van der Waals surface area contributed by atoms with Gasteiger partial charge in [-0.1, -0.05) is 0 Å². The molecule has 0 bridgehead atoms. The van der Waals surface area contributed by atoms with E-state index in [2.05, 4.69) is 15.5 Å². The molecule has 0 aliphatic heterocycles. The van der Waals surface area contributed by atoms with Crippen molar-refractivity contribution in [1.29, 1.82) is 0 Å². The molecule has 0 amide bonds. The normalized spacial score (nSPS) is 10.4. The number of aromatic carboxylic acids is 1. The van der Waals surface area contributed by atoms with Crippen LogP contribution in [0.3, 0.4) is 0 Å². The van der Waals surface area contributed by atoms with Crippen molar-refractivity contribution in [2.45, 2.75) is 6.92 Å². The summed E-state index contributed by atoms with van der Waals surface area (Å²) in [6.07, 6.45) is 0. The molecule has 6 nitrogen and oxygen atoms in total. The highest BCUT2D eigenvalue weighted by Gasteiger charge is 2.12. The average Bonchev–Trinajstić information content (AvgIpc) is 2.64. The van der Waals surface area contributed by atoms with Crippen molar-refractivity contribution in [2.24, 2.45) is 0 Å². The maximum Gasteiger partial charge on any atom is 0.335 e. The number of aryl methyl sites for hydroxylation is 1. The van der Waals surface area contributed by atoms with E-state index in [9.17, 15) is 9.18 Å². The summed E-state index contributed by atoms with van der Waals surface area (Å²) in [5.41, 5.74) is -0.000484. The summed E-state index contributed by atoms with van der Waals surface area (Å²) in [6.45, 7) is 1.62. The third-order valence-electron chi connectivity index (χ3n) is 2.05. The number of benzene rings is 1. The molecule has 0 radical (unpaired) electrons. The molecular formula is C9H7FN4O2. The molecule has 1 aromatic carbocycles. The van der Waals surface area contributed by atoms with Gasteiger partial charge >= 0.3 is 5.97 Å². The fraction of sp³-hybridized carbons (Fsp3) is 0.111. The van der Waals surface area contributed by atoms with Crippen LogP contribution in [0, 0.1) is 12.7 Å². The highest BCUT2D eigenvalue weighted by atomic mass is 19.1. The molecule has 0 saturated carbocycles. The Balaban J connectivity index is 2.52. The number of tetrazole rings is 1. The lowest BCUT2D eigenvalue weighted by atomic mass is 10.2. The van der Waals surface area contributed by atoms with Crippen molar-refractivity contribution in [3.8, 4) is 5.69 Å². The first-order valence-corrected chi connectivity index (χ1v) is 4.38. The molecule has 7 heteroatoms. The monoisotopic (exact) mass is 222 g/mol. The number of carboxylic acids is 1. The van der Waals surface area contributed by atoms with E-state index in [0.717, 1.165) is 6.07 Å². The topological polar surface area (TPSA) is 80.9 Å². The van der Waals surface area contributed by atoms with E-state index in [1.54, 1.807) is 6.92 Å². The number of carbonyl (C=O) groups is 1. The number of hydrogen-bond acceptors (Lipinski definition) is 4. The molecule has 0 aliphatic carbocycles. The molecule has 0 atom stereocenters. The summed E-state index contributed by atoms with van der Waals surface area (Å²) in [5, 5.41) is 19.2. The van der Waals surface area contributed by atoms with Gasteiger partial charge in [0.1, 0.15) is 11.5 Å². The van der Waals surface area contributed by atoms with Crippen LogP contribution in [0.2, 0.25) is 0 Å². The van der Waals surface area contributed by atoms with Crippen LogP contribution >= 0.6 is 0 Å². The quantitative estimate of drug-likeness (QED) is 0.813. The second-order valence-electron chi connectivity index (χ2n) is 3.11. The first-order valence-electron chi connectivity index (χ1n) is 4.38. The van der Waals surface area contributed by atoms with Gasteiger partial charge in [-0.25, -0.2) is 9.18 Å². The maximum atomic E-state index is 13.6. The van der Waals surface area contributed by atoms with E-state index in [1.165, 1.54) is 16.8 Å². The van der Waals surface area contributed by atoms with Gasteiger partial charge in [0, 0.05) is 0 Å². The van der Waals surface area contributed by atoms with E-state index in [-0.39, 0.29) is 11.3 Å². The van der Waals surface area contributed by atoms with Gasteiger partial charge in [-0.05, 0) is 35.5 Å². The van der Waals surface area contributed by atoms with Gasteiger partial charge in [0.05, 0.1) is 5.56 Å². The summed E-state index contributed by atoms with van der Waals surface area (Å²) < 4.78 is 14.8. The van der Waals surface area contributed by atoms with E-state index < -0.39 is 11.8 Å². The van der Waals surface area contributed by atoms with Crippen LogP contribution in [0.4, 0.5) is 4.39 Å². The predicted octanol–water partition coefficient (Wildman–Crippen LogP) is 0.808. The molecule has 0 aliphatic rings. The number of aromatic nitrogens is 4. The zero-order valence-electron chi connectivity index (χ0n) is 8.25. The van der Waals surface area contributed by atoms with Crippen LogP contribution in [0.15, 0.2) is 18.2 Å². The summed E-state index contributed by atoms with van der Waals surface area (Å²) in [6, 6.07) is 3.54. The zero-order valence-corrected chi connectivity index (χ0v) is 8.25. The van der Waals surface area contributed by atoms with Gasteiger partial charge in [0.2, 0.25) is 0 Å². The Bertz CT molecular complexity index is 552. The lowest BCUT2D eigenvalue weighted by molar-refractivity contribution is 0.0696. The molecule has 0 fully saturated rings. The highest BCUT2D eigenvalue weighted by molar-refractivity contribution is 5.87. The Kier molecular flexibility index (Phi) is 2.35. The third-order valence-corrected chi connectivity index (χ3v) is 2.05. The van der Waals surface area contributed by atoms with E-state index in [1.807, 2.05) is 0 Å². The van der Waals surface area contributed by atoms with Crippen LogP contribution in [0.5, 0.6) is 0 Å². The fourth-order valence-corrected chi connectivity index (χ4v) is 1.27. The van der Waals surface area contributed by atoms with Crippen molar-refractivity contribution < 1.29 is 14.3 Å². The van der Waals surface area contributed by atoms with Gasteiger partial charge in [0.15, 0.2) is 5.82 Å². The van der Waals surface area contributed by atoms with Gasteiger partial charge < -0.3 is 5.11 Å². The second-order valence-corrected chi connectivity index (χ2v) is 3.11. The van der Waals surface area contributed by atoms with Crippen LogP contribution < -0.4 is 0 Å². The highest BCUT2D eigenvalue weighted by Crippen LogP contribution is 2.14. The minimum atomic E-state index is -1.18. The Labute approximate surface area is 89.3 Å². The Morgan fingerprint density at radius 2 is 2.25 bits per heavy atom. The molecule has 2 aromatic rings. The second kappa shape index (κ2) is 3.69. The number of nitrogens with zero attached hydrogens (tertiary/aromatic N) is 4. The van der Waals surface area contributed by atoms with Crippen LogP contribution in [-0.4, -0.2) is 31.3 Å². The van der Waals surface area contributed by atoms with Gasteiger partial charge in [0.25, 0.3) is 0 Å². The summed E-state index contributed by atoms with van der Waals surface area (Å²) in [4.78, 5) is 10.6. The summed E-state index contributed by atoms with van der Waals surface area (Å²) in [5.74, 6) is -1.45. The van der Waals surface area contributed by atoms with Crippen LogP contribution in [-0.2, 0) is 0 Å². The minimum Gasteiger partial charge on any atom is -0.478 e. The summed E-state index contributed by atoms with van der Waals surface area (Å²) >= 11 is 0. The molecule has 2 rings (SSSR count). The number of hydrogen-bond donors (Lipinski definition) is 1. The molecule has 0 saturated heterocycles. The number of carboxylic acid groups (broad SMARTS) is 1. The molecule has 82 valence electrons. The smallest absolute Gasteiger partial charge is 0.335 e. The zero-order chi connectivity index (χ0) is 11.7. The van der Waals surface area contributed by atoms with Crippen LogP contribution in [0.1, 0.15) is 16.2 Å². The van der Waals surface area contributed by atoms with Gasteiger partial charge in [-0.3, -0.25) is 0 Å². The first-order chi connectivity index (χ1) is 7.59. The molecule has 1 heterocycles. The van der Waals surface area contributed by atoms with Crippen molar-refractivity contribution in [2.75, 3.05) is 0 Å². The molecule has 0 unspecified atom stereocenters. The lowest BCUT2D eigenvalue weighted by Gasteiger charge is -2.03. The summed E-state index contributed by atoms with van der Waals surface area (Å²) in [7, 11) is 0. The molecule has 0 spiro atoms. The lowest BCUT2D eigenvalue weighted by Crippen LogP contribution is -2.05. The first kappa shape index (κ1) is 10.2. The number of halogens is 1. The molecule has 1 N–H and O–H groups in total. The minimum absolute atomic E-state index is 0.118. The third kappa shape index (κ3) is 1.62. The Morgan fingerprint density at radius 3 is 2.75 bits per heavy atom. The predicted molar refractivity (Wildman–Crippen MR) is 50.8 cm³/mol. The largest absolute Gasteiger partial charge is 0.478 e. The maximum absolute atomic E-state index is 13.6. The molecular weight excluding hydrogens is 215 g/mol. The van der Waals surface area contributed by atoms with Gasteiger partial charge in [-0.2, -0.15) is 4.68 Å². The van der Waals surface area contributed by atoms with Crippen LogP contribution in [0.25, 0.3) is 5.69 Å². The Morgan fingerprint density at radius 1 is 1.50 bits per heavy atom. The number of rotatable bonds is 2.